The molecular formula is C27H28N2O3. The molecule has 1 aliphatic heterocycles. The van der Waals surface area contributed by atoms with Gasteiger partial charge < -0.3 is 5.32 Å². The van der Waals surface area contributed by atoms with Crippen LogP contribution in [0.5, 0.6) is 0 Å². The van der Waals surface area contributed by atoms with E-state index in [9.17, 15) is 14.4 Å². The van der Waals surface area contributed by atoms with Gasteiger partial charge in [0.05, 0.1) is 24.3 Å². The number of carbonyl (C=O) groups is 3. The fourth-order valence-corrected chi connectivity index (χ4v) is 5.82. The summed E-state index contributed by atoms with van der Waals surface area (Å²) >= 11 is 0. The second-order valence-corrected chi connectivity index (χ2v) is 9.33. The van der Waals surface area contributed by atoms with E-state index in [2.05, 4.69) is 17.5 Å². The minimum absolute atomic E-state index is 0.0392. The molecule has 2 aromatic rings. The molecule has 5 heteroatoms. The molecule has 2 fully saturated rings. The van der Waals surface area contributed by atoms with Crippen LogP contribution in [0.25, 0.3) is 0 Å². The van der Waals surface area contributed by atoms with Crippen molar-refractivity contribution in [3.05, 3.63) is 77.4 Å². The molecule has 5 atom stereocenters. The Balaban J connectivity index is 1.45. The molecule has 5 nitrogen and oxygen atoms in total. The van der Waals surface area contributed by atoms with Gasteiger partial charge >= 0.3 is 0 Å². The number of rotatable bonds is 5. The van der Waals surface area contributed by atoms with Gasteiger partial charge in [0.1, 0.15) is 0 Å². The van der Waals surface area contributed by atoms with Crippen molar-refractivity contribution < 1.29 is 14.4 Å². The largest absolute Gasteiger partial charge is 0.326 e. The fourth-order valence-electron chi connectivity index (χ4n) is 5.82. The molecule has 32 heavy (non-hydrogen) atoms. The van der Waals surface area contributed by atoms with Gasteiger partial charge in [0.25, 0.3) is 0 Å². The van der Waals surface area contributed by atoms with Crippen LogP contribution in [0.2, 0.25) is 0 Å². The van der Waals surface area contributed by atoms with Crippen LogP contribution in [0.15, 0.2) is 60.7 Å². The summed E-state index contributed by atoms with van der Waals surface area (Å²) in [5.74, 6) is -0.732. The molecule has 2 aromatic carbocycles. The highest BCUT2D eigenvalue weighted by atomic mass is 16.2. The predicted molar refractivity (Wildman–Crippen MR) is 123 cm³/mol. The molecule has 1 saturated heterocycles. The van der Waals surface area contributed by atoms with Crippen molar-refractivity contribution in [1.82, 2.24) is 4.90 Å². The topological polar surface area (TPSA) is 66.5 Å². The Labute approximate surface area is 188 Å². The number of amides is 3. The Kier molecular flexibility index (Phi) is 5.20. The highest BCUT2D eigenvalue weighted by Gasteiger charge is 2.58. The third kappa shape index (κ3) is 3.36. The Morgan fingerprint density at radius 3 is 2.00 bits per heavy atom. The number of likely N-dealkylation sites (tertiary alicyclic amines) is 1. The summed E-state index contributed by atoms with van der Waals surface area (Å²) in [6.07, 6.45) is 6.19. The summed E-state index contributed by atoms with van der Waals surface area (Å²) in [5, 5.41) is 3.02. The number of para-hydroxylation sites is 1. The summed E-state index contributed by atoms with van der Waals surface area (Å²) in [5.41, 5.74) is 3.57. The van der Waals surface area contributed by atoms with Crippen molar-refractivity contribution >= 4 is 23.4 Å². The summed E-state index contributed by atoms with van der Waals surface area (Å²) < 4.78 is 0. The van der Waals surface area contributed by atoms with Crippen molar-refractivity contribution in [2.24, 2.45) is 23.7 Å². The van der Waals surface area contributed by atoms with E-state index in [4.69, 9.17) is 0 Å². The number of hydrogen-bond donors (Lipinski definition) is 1. The molecule has 0 radical (unpaired) electrons. The van der Waals surface area contributed by atoms with Gasteiger partial charge in [0, 0.05) is 5.69 Å². The lowest BCUT2D eigenvalue weighted by molar-refractivity contribution is -0.143. The number of nitrogens with zero attached hydrogens (tertiary/aromatic N) is 1. The molecule has 5 unspecified atom stereocenters. The van der Waals surface area contributed by atoms with E-state index in [0.717, 1.165) is 35.2 Å². The summed E-state index contributed by atoms with van der Waals surface area (Å²) in [6, 6.07) is 14.7. The molecule has 1 heterocycles. The standard InChI is InChI=1S/C27H28N2O3/c1-16-7-6-8-17(2)25(16)28-22(30)15-21(18-9-4-3-5-10-18)29-26(31)23-19-11-12-20(14-13-19)24(23)27(29)32/h3-12,19-21,23-24H,13-15H2,1-2H3,(H,28,30). The SMILES string of the molecule is Cc1cccc(C)c1NC(=O)CC(c1ccccc1)N1C(=O)C2C3C=CC(CC3)C2C1=O. The second-order valence-electron chi connectivity index (χ2n) is 9.33. The van der Waals surface area contributed by atoms with Crippen LogP contribution < -0.4 is 5.32 Å². The average Bonchev–Trinajstić information content (AvgIpc) is 3.08. The van der Waals surface area contributed by atoms with Gasteiger partial charge in [-0.25, -0.2) is 0 Å². The Morgan fingerprint density at radius 2 is 1.47 bits per heavy atom. The number of allylic oxidation sites excluding steroid dienone is 2. The summed E-state index contributed by atoms with van der Waals surface area (Å²) in [7, 11) is 0. The minimum Gasteiger partial charge on any atom is -0.326 e. The molecule has 0 spiro atoms. The Hall–Kier alpha value is -3.21. The van der Waals surface area contributed by atoms with Gasteiger partial charge in [0.2, 0.25) is 17.7 Å². The van der Waals surface area contributed by atoms with E-state index in [1.807, 2.05) is 62.4 Å². The van der Waals surface area contributed by atoms with Crippen molar-refractivity contribution in [2.75, 3.05) is 5.32 Å². The van der Waals surface area contributed by atoms with Crippen molar-refractivity contribution in [1.29, 1.82) is 0 Å². The molecule has 3 aliphatic carbocycles. The molecule has 6 rings (SSSR count). The summed E-state index contributed by atoms with van der Waals surface area (Å²) in [4.78, 5) is 41.6. The number of aryl methyl sites for hydroxylation is 2. The van der Waals surface area contributed by atoms with Gasteiger partial charge in [-0.15, -0.1) is 0 Å². The zero-order chi connectivity index (χ0) is 22.4. The van der Waals surface area contributed by atoms with Crippen LogP contribution in [0.1, 0.15) is 42.0 Å². The first-order valence-corrected chi connectivity index (χ1v) is 11.4. The van der Waals surface area contributed by atoms with Crippen LogP contribution in [-0.2, 0) is 14.4 Å². The normalized spacial score (nSPS) is 26.9. The van der Waals surface area contributed by atoms with Crippen LogP contribution >= 0.6 is 0 Å². The zero-order valence-corrected chi connectivity index (χ0v) is 18.5. The number of imide groups is 1. The third-order valence-corrected chi connectivity index (χ3v) is 7.41. The molecule has 2 bridgehead atoms. The maximum Gasteiger partial charge on any atom is 0.234 e. The van der Waals surface area contributed by atoms with Gasteiger partial charge in [-0.1, -0.05) is 60.7 Å². The number of carbonyl (C=O) groups excluding carboxylic acids is 3. The van der Waals surface area contributed by atoms with Crippen LogP contribution in [0, 0.1) is 37.5 Å². The van der Waals surface area contributed by atoms with E-state index < -0.39 is 6.04 Å². The van der Waals surface area contributed by atoms with E-state index in [1.54, 1.807) is 0 Å². The first-order chi connectivity index (χ1) is 15.5. The smallest absolute Gasteiger partial charge is 0.234 e. The van der Waals surface area contributed by atoms with Gasteiger partial charge in [-0.3, -0.25) is 19.3 Å². The lowest BCUT2D eigenvalue weighted by Crippen LogP contribution is -2.38. The Bertz CT molecular complexity index is 1050. The van der Waals surface area contributed by atoms with Gasteiger partial charge in [0.15, 0.2) is 0 Å². The molecule has 3 amide bonds. The van der Waals surface area contributed by atoms with Crippen molar-refractivity contribution in [3.8, 4) is 0 Å². The predicted octanol–water partition coefficient (Wildman–Crippen LogP) is 4.57. The number of fused-ring (bicyclic) bond motifs is 1. The summed E-state index contributed by atoms with van der Waals surface area (Å²) in [6.45, 7) is 3.91. The monoisotopic (exact) mass is 428 g/mol. The molecule has 164 valence electrons. The first-order valence-electron chi connectivity index (χ1n) is 11.4. The third-order valence-electron chi connectivity index (χ3n) is 7.41. The Morgan fingerprint density at radius 1 is 0.906 bits per heavy atom. The minimum atomic E-state index is -0.606. The highest BCUT2D eigenvalue weighted by molar-refractivity contribution is 6.07. The van der Waals surface area contributed by atoms with E-state index in [1.165, 1.54) is 4.90 Å². The van der Waals surface area contributed by atoms with Gasteiger partial charge in [-0.05, 0) is 55.2 Å². The molecule has 4 aliphatic rings. The van der Waals surface area contributed by atoms with Crippen molar-refractivity contribution in [2.45, 2.75) is 39.2 Å². The molecule has 0 aromatic heterocycles. The maximum atomic E-state index is 13.5. The molecule has 1 saturated carbocycles. The fraction of sp³-hybridized carbons (Fsp3) is 0.370. The van der Waals surface area contributed by atoms with E-state index >= 15 is 0 Å². The number of nitrogens with one attached hydrogen (secondary N) is 1. The number of hydrogen-bond acceptors (Lipinski definition) is 3. The van der Waals surface area contributed by atoms with Crippen LogP contribution in [0.3, 0.4) is 0 Å². The van der Waals surface area contributed by atoms with Crippen molar-refractivity contribution in [3.63, 3.8) is 0 Å². The molecule has 1 N–H and O–H groups in total. The highest BCUT2D eigenvalue weighted by Crippen LogP contribution is 2.51. The lowest BCUT2D eigenvalue weighted by Gasteiger charge is -2.38. The molecular weight excluding hydrogens is 400 g/mol. The first kappa shape index (κ1) is 20.7. The van der Waals surface area contributed by atoms with Crippen LogP contribution in [0.4, 0.5) is 5.69 Å². The quantitative estimate of drug-likeness (QED) is 0.560. The van der Waals surface area contributed by atoms with E-state index in [-0.39, 0.29) is 47.8 Å². The number of benzene rings is 2. The van der Waals surface area contributed by atoms with Gasteiger partial charge in [-0.2, -0.15) is 0 Å². The lowest BCUT2D eigenvalue weighted by atomic mass is 9.63. The van der Waals surface area contributed by atoms with E-state index in [0.29, 0.717) is 0 Å². The second kappa shape index (κ2) is 8.05. The van der Waals surface area contributed by atoms with Crippen LogP contribution in [-0.4, -0.2) is 22.6 Å². The maximum absolute atomic E-state index is 13.5. The number of anilines is 1. The zero-order valence-electron chi connectivity index (χ0n) is 18.5. The average molecular weight is 429 g/mol.